The molecule has 0 bridgehead atoms. The van der Waals surface area contributed by atoms with Crippen molar-refractivity contribution in [1.82, 2.24) is 9.62 Å². The third-order valence-corrected chi connectivity index (χ3v) is 5.71. The van der Waals surface area contributed by atoms with Gasteiger partial charge in [-0.05, 0) is 51.0 Å². The summed E-state index contributed by atoms with van der Waals surface area (Å²) in [4.78, 5) is 23.7. The lowest BCUT2D eigenvalue weighted by atomic mass is 10.2. The van der Waals surface area contributed by atoms with E-state index in [1.807, 2.05) is 0 Å². The lowest BCUT2D eigenvalue weighted by Crippen LogP contribution is -2.35. The van der Waals surface area contributed by atoms with E-state index >= 15 is 0 Å². The number of rotatable bonds is 6. The first kappa shape index (κ1) is 18.4. The van der Waals surface area contributed by atoms with Crippen LogP contribution in [-0.4, -0.2) is 50.3 Å². The first-order valence-electron chi connectivity index (χ1n) is 7.95. The summed E-state index contributed by atoms with van der Waals surface area (Å²) < 4.78 is 31.3. The molecule has 8 heteroatoms. The van der Waals surface area contributed by atoms with Crippen LogP contribution in [0.4, 0.5) is 0 Å². The molecule has 1 aromatic carbocycles. The molecule has 0 aliphatic carbocycles. The summed E-state index contributed by atoms with van der Waals surface area (Å²) >= 11 is 0. The second-order valence-corrected chi connectivity index (χ2v) is 7.52. The molecule has 2 rings (SSSR count). The molecule has 1 saturated heterocycles. The van der Waals surface area contributed by atoms with Gasteiger partial charge in [0.1, 0.15) is 0 Å². The molecule has 1 aliphatic heterocycles. The number of amides is 1. The van der Waals surface area contributed by atoms with Gasteiger partial charge in [0.2, 0.25) is 10.0 Å². The van der Waals surface area contributed by atoms with Crippen molar-refractivity contribution in [1.29, 1.82) is 0 Å². The maximum Gasteiger partial charge on any atom is 0.338 e. The maximum atomic E-state index is 12.4. The standard InChI is InChI=1S/C16H22N2O5S/c1-3-17-15(19)12(2)23-16(20)13-6-8-14(9-7-13)24(21,22)18-10-4-5-11-18/h6-9,12H,3-5,10-11H2,1-2H3,(H,17,19)/t12-/m1/s1. The van der Waals surface area contributed by atoms with Crippen molar-refractivity contribution in [3.8, 4) is 0 Å². The Morgan fingerprint density at radius 1 is 1.21 bits per heavy atom. The van der Waals surface area contributed by atoms with Crippen LogP contribution in [0.3, 0.4) is 0 Å². The van der Waals surface area contributed by atoms with Gasteiger partial charge in [-0.2, -0.15) is 4.31 Å². The van der Waals surface area contributed by atoms with Gasteiger partial charge >= 0.3 is 5.97 Å². The summed E-state index contributed by atoms with van der Waals surface area (Å²) in [6.45, 7) is 4.75. The highest BCUT2D eigenvalue weighted by Gasteiger charge is 2.27. The maximum absolute atomic E-state index is 12.4. The minimum Gasteiger partial charge on any atom is -0.449 e. The van der Waals surface area contributed by atoms with Gasteiger partial charge in [0, 0.05) is 19.6 Å². The van der Waals surface area contributed by atoms with Gasteiger partial charge < -0.3 is 10.1 Å². The number of carbonyl (C=O) groups is 2. The number of hydrogen-bond acceptors (Lipinski definition) is 5. The fourth-order valence-corrected chi connectivity index (χ4v) is 3.96. The Bertz CT molecular complexity index is 694. The molecule has 1 fully saturated rings. The van der Waals surface area contributed by atoms with Crippen LogP contribution in [0.5, 0.6) is 0 Å². The molecule has 0 radical (unpaired) electrons. The van der Waals surface area contributed by atoms with Crippen LogP contribution in [0.1, 0.15) is 37.0 Å². The minimum absolute atomic E-state index is 0.151. The summed E-state index contributed by atoms with van der Waals surface area (Å²) in [5, 5.41) is 2.56. The Kier molecular flexibility index (Phi) is 5.95. The van der Waals surface area contributed by atoms with E-state index in [0.29, 0.717) is 19.6 Å². The third-order valence-electron chi connectivity index (χ3n) is 3.80. The molecule has 0 aromatic heterocycles. The van der Waals surface area contributed by atoms with Gasteiger partial charge in [-0.3, -0.25) is 4.79 Å². The van der Waals surface area contributed by atoms with Gasteiger partial charge in [0.25, 0.3) is 5.91 Å². The van der Waals surface area contributed by atoms with Crippen molar-refractivity contribution in [2.24, 2.45) is 0 Å². The van der Waals surface area contributed by atoms with E-state index in [1.54, 1.807) is 6.92 Å². The highest BCUT2D eigenvalue weighted by Crippen LogP contribution is 2.21. The molecule has 1 heterocycles. The van der Waals surface area contributed by atoms with Gasteiger partial charge in [-0.15, -0.1) is 0 Å². The van der Waals surface area contributed by atoms with Crippen molar-refractivity contribution >= 4 is 21.9 Å². The smallest absolute Gasteiger partial charge is 0.338 e. The van der Waals surface area contributed by atoms with E-state index in [2.05, 4.69) is 5.32 Å². The van der Waals surface area contributed by atoms with E-state index < -0.39 is 22.1 Å². The summed E-state index contributed by atoms with van der Waals surface area (Å²) in [6, 6.07) is 5.58. The second kappa shape index (κ2) is 7.76. The van der Waals surface area contributed by atoms with E-state index in [4.69, 9.17) is 4.74 Å². The molecule has 132 valence electrons. The van der Waals surface area contributed by atoms with Crippen LogP contribution in [0.15, 0.2) is 29.2 Å². The summed E-state index contributed by atoms with van der Waals surface area (Å²) in [6.07, 6.45) is 0.813. The van der Waals surface area contributed by atoms with Crippen LogP contribution in [0.25, 0.3) is 0 Å². The monoisotopic (exact) mass is 354 g/mol. The fourth-order valence-electron chi connectivity index (χ4n) is 2.44. The quantitative estimate of drug-likeness (QED) is 0.774. The van der Waals surface area contributed by atoms with E-state index in [1.165, 1.54) is 35.5 Å². The number of carbonyl (C=O) groups excluding carboxylic acids is 2. The molecular formula is C16H22N2O5S. The number of sulfonamides is 1. The van der Waals surface area contributed by atoms with Crippen molar-refractivity contribution in [2.45, 2.75) is 37.7 Å². The minimum atomic E-state index is -3.51. The summed E-state index contributed by atoms with van der Waals surface area (Å²) in [5.41, 5.74) is 0.200. The van der Waals surface area contributed by atoms with Crippen molar-refractivity contribution in [3.63, 3.8) is 0 Å². The number of likely N-dealkylation sites (N-methyl/N-ethyl adjacent to an activating group) is 1. The fraction of sp³-hybridized carbons (Fsp3) is 0.500. The molecule has 24 heavy (non-hydrogen) atoms. The number of ether oxygens (including phenoxy) is 1. The number of nitrogens with one attached hydrogen (secondary N) is 1. The summed E-state index contributed by atoms with van der Waals surface area (Å²) in [7, 11) is -3.51. The molecule has 1 aliphatic rings. The Morgan fingerprint density at radius 3 is 2.33 bits per heavy atom. The van der Waals surface area contributed by atoms with Crippen LogP contribution >= 0.6 is 0 Å². The topological polar surface area (TPSA) is 92.8 Å². The normalized spacial score (nSPS) is 16.6. The molecule has 1 atom stereocenters. The van der Waals surface area contributed by atoms with Crippen molar-refractivity contribution in [2.75, 3.05) is 19.6 Å². The molecule has 7 nitrogen and oxygen atoms in total. The largest absolute Gasteiger partial charge is 0.449 e. The Hall–Kier alpha value is -1.93. The lowest BCUT2D eigenvalue weighted by Gasteiger charge is -2.16. The van der Waals surface area contributed by atoms with Crippen molar-refractivity contribution < 1.29 is 22.7 Å². The van der Waals surface area contributed by atoms with Gasteiger partial charge in [0.05, 0.1) is 10.5 Å². The third kappa shape index (κ3) is 4.12. The zero-order valence-electron chi connectivity index (χ0n) is 13.8. The number of hydrogen-bond donors (Lipinski definition) is 1. The molecule has 1 amide bonds. The zero-order chi connectivity index (χ0) is 17.7. The molecule has 1 N–H and O–H groups in total. The Morgan fingerprint density at radius 2 is 1.79 bits per heavy atom. The van der Waals surface area contributed by atoms with Crippen LogP contribution < -0.4 is 5.32 Å². The van der Waals surface area contributed by atoms with Crippen LogP contribution in [-0.2, 0) is 19.6 Å². The van der Waals surface area contributed by atoms with Gasteiger partial charge in [-0.1, -0.05) is 0 Å². The average molecular weight is 354 g/mol. The molecule has 1 aromatic rings. The summed E-state index contributed by atoms with van der Waals surface area (Å²) in [5.74, 6) is -1.04. The number of benzene rings is 1. The Labute approximate surface area is 142 Å². The SMILES string of the molecule is CCNC(=O)[C@@H](C)OC(=O)c1ccc(S(=O)(=O)N2CCCC2)cc1. The van der Waals surface area contributed by atoms with E-state index in [9.17, 15) is 18.0 Å². The predicted octanol–water partition coefficient (Wildman–Crippen LogP) is 1.15. The van der Waals surface area contributed by atoms with Gasteiger partial charge in [0.15, 0.2) is 6.10 Å². The van der Waals surface area contributed by atoms with Crippen LogP contribution in [0, 0.1) is 0 Å². The Balaban J connectivity index is 2.06. The number of esters is 1. The average Bonchev–Trinajstić information content (AvgIpc) is 3.10. The molecule has 0 unspecified atom stereocenters. The molecular weight excluding hydrogens is 332 g/mol. The van der Waals surface area contributed by atoms with E-state index in [-0.39, 0.29) is 16.4 Å². The highest BCUT2D eigenvalue weighted by atomic mass is 32.2. The zero-order valence-corrected chi connectivity index (χ0v) is 14.6. The highest BCUT2D eigenvalue weighted by molar-refractivity contribution is 7.89. The molecule has 0 saturated carbocycles. The van der Waals surface area contributed by atoms with E-state index in [0.717, 1.165) is 12.8 Å². The lowest BCUT2D eigenvalue weighted by molar-refractivity contribution is -0.128. The predicted molar refractivity (Wildman–Crippen MR) is 88.0 cm³/mol. The molecule has 0 spiro atoms. The first-order valence-corrected chi connectivity index (χ1v) is 9.39. The van der Waals surface area contributed by atoms with Gasteiger partial charge in [-0.25, -0.2) is 13.2 Å². The van der Waals surface area contributed by atoms with Crippen molar-refractivity contribution in [3.05, 3.63) is 29.8 Å². The second-order valence-electron chi connectivity index (χ2n) is 5.58. The number of nitrogens with zero attached hydrogens (tertiary/aromatic N) is 1. The first-order chi connectivity index (χ1) is 11.4. The van der Waals surface area contributed by atoms with Crippen LogP contribution in [0.2, 0.25) is 0 Å².